The van der Waals surface area contributed by atoms with Crippen molar-refractivity contribution < 1.29 is 0 Å². The molecule has 0 aliphatic carbocycles. The number of hydrogen-bond donors (Lipinski definition) is 1. The minimum absolute atomic E-state index is 0.982. The molecule has 0 fully saturated rings. The lowest BCUT2D eigenvalue weighted by atomic mass is 10.4. The van der Waals surface area contributed by atoms with Crippen LogP contribution in [0.5, 0.6) is 0 Å². The molecule has 1 atom stereocenters. The molecular formula is C10H25ClN2Si. The Bertz CT molecular complexity index is 142. The maximum Gasteiger partial charge on any atom is 0.304 e. The Morgan fingerprint density at radius 3 is 2.07 bits per heavy atom. The second-order valence-electron chi connectivity index (χ2n) is 3.57. The van der Waals surface area contributed by atoms with Crippen molar-refractivity contribution in [2.75, 3.05) is 19.6 Å². The van der Waals surface area contributed by atoms with E-state index in [0.29, 0.717) is 0 Å². The van der Waals surface area contributed by atoms with Gasteiger partial charge in [0.1, 0.15) is 0 Å². The van der Waals surface area contributed by atoms with Gasteiger partial charge in [0.25, 0.3) is 0 Å². The van der Waals surface area contributed by atoms with E-state index in [0.717, 1.165) is 25.7 Å². The first kappa shape index (κ1) is 14.4. The highest BCUT2D eigenvalue weighted by atomic mass is 35.6. The third-order valence-electron chi connectivity index (χ3n) is 2.57. The molecule has 2 nitrogen and oxygen atoms in total. The van der Waals surface area contributed by atoms with Crippen LogP contribution in [-0.2, 0) is 0 Å². The van der Waals surface area contributed by atoms with E-state index in [1.54, 1.807) is 0 Å². The average molecular weight is 237 g/mol. The lowest BCUT2D eigenvalue weighted by molar-refractivity contribution is 0.457. The largest absolute Gasteiger partial charge is 0.314 e. The van der Waals surface area contributed by atoms with Crippen LogP contribution in [0.4, 0.5) is 0 Å². The van der Waals surface area contributed by atoms with Gasteiger partial charge >= 0.3 is 7.71 Å². The molecule has 0 amide bonds. The lowest BCUT2D eigenvalue weighted by Crippen LogP contribution is -2.60. The van der Waals surface area contributed by atoms with Gasteiger partial charge in [-0.3, -0.25) is 0 Å². The number of nitrogens with zero attached hydrogens (tertiary/aromatic N) is 1. The molecule has 0 spiro atoms. The van der Waals surface area contributed by atoms with Gasteiger partial charge in [0, 0.05) is 0 Å². The molecule has 86 valence electrons. The highest BCUT2D eigenvalue weighted by Gasteiger charge is 2.35. The van der Waals surface area contributed by atoms with Crippen LogP contribution in [0.2, 0.25) is 6.04 Å². The van der Waals surface area contributed by atoms with Crippen molar-refractivity contribution in [1.82, 2.24) is 9.55 Å². The Labute approximate surface area is 94.9 Å². The summed E-state index contributed by atoms with van der Waals surface area (Å²) in [5.74, 6) is 0. The van der Waals surface area contributed by atoms with Gasteiger partial charge in [-0.25, -0.2) is 0 Å². The quantitative estimate of drug-likeness (QED) is 0.515. The molecule has 14 heavy (non-hydrogen) atoms. The molecule has 0 heterocycles. The zero-order chi connectivity index (χ0) is 11.0. The molecule has 0 saturated heterocycles. The van der Waals surface area contributed by atoms with Crippen molar-refractivity contribution in [3.63, 3.8) is 0 Å². The summed E-state index contributed by atoms with van der Waals surface area (Å²) in [6, 6.07) is 1.15. The zero-order valence-electron chi connectivity index (χ0n) is 10.1. The van der Waals surface area contributed by atoms with Crippen molar-refractivity contribution in [2.45, 2.75) is 46.6 Å². The molecule has 0 radical (unpaired) electrons. The summed E-state index contributed by atoms with van der Waals surface area (Å²) >= 11 is 6.74. The molecule has 1 N–H and O–H groups in total. The molecule has 0 bridgehead atoms. The summed E-state index contributed by atoms with van der Waals surface area (Å²) in [4.78, 5) is 3.53. The van der Waals surface area contributed by atoms with Crippen LogP contribution in [0, 0.1) is 0 Å². The highest BCUT2D eigenvalue weighted by Crippen LogP contribution is 2.20. The van der Waals surface area contributed by atoms with E-state index in [4.69, 9.17) is 11.1 Å². The van der Waals surface area contributed by atoms with Crippen LogP contribution in [0.1, 0.15) is 40.5 Å². The van der Waals surface area contributed by atoms with Crippen LogP contribution in [0.15, 0.2) is 0 Å². The smallest absolute Gasteiger partial charge is 0.304 e. The molecule has 0 aliphatic rings. The number of unbranched alkanes of at least 4 members (excludes halogenated alkanes) is 1. The third-order valence-corrected chi connectivity index (χ3v) is 7.81. The maximum absolute atomic E-state index is 6.74. The topological polar surface area (TPSA) is 15.3 Å². The van der Waals surface area contributed by atoms with Crippen LogP contribution < -0.4 is 4.98 Å². The second-order valence-corrected chi connectivity index (χ2v) is 8.45. The summed E-state index contributed by atoms with van der Waals surface area (Å²) in [6.45, 7) is 11.8. The van der Waals surface area contributed by atoms with Gasteiger partial charge in [0.05, 0.1) is 0 Å². The van der Waals surface area contributed by atoms with Gasteiger partial charge in [0.2, 0.25) is 0 Å². The molecule has 0 aliphatic heterocycles. The van der Waals surface area contributed by atoms with Crippen LogP contribution in [0.25, 0.3) is 0 Å². The fourth-order valence-electron chi connectivity index (χ4n) is 1.77. The van der Waals surface area contributed by atoms with Gasteiger partial charge < -0.3 is 9.55 Å². The third kappa shape index (κ3) is 4.30. The summed E-state index contributed by atoms with van der Waals surface area (Å²) in [6.07, 6.45) is 2.47. The van der Waals surface area contributed by atoms with Crippen molar-refractivity contribution in [3.8, 4) is 0 Å². The van der Waals surface area contributed by atoms with E-state index >= 15 is 0 Å². The van der Waals surface area contributed by atoms with Crippen LogP contribution in [-0.4, -0.2) is 31.9 Å². The second kappa shape index (κ2) is 7.68. The zero-order valence-corrected chi connectivity index (χ0v) is 11.8. The number of nitrogens with one attached hydrogen (secondary N) is 1. The predicted molar refractivity (Wildman–Crippen MR) is 67.9 cm³/mol. The van der Waals surface area contributed by atoms with Crippen LogP contribution in [0.3, 0.4) is 0 Å². The van der Waals surface area contributed by atoms with Gasteiger partial charge in [-0.15, -0.1) is 11.1 Å². The lowest BCUT2D eigenvalue weighted by Gasteiger charge is -2.35. The van der Waals surface area contributed by atoms with Crippen molar-refractivity contribution in [2.24, 2.45) is 0 Å². The van der Waals surface area contributed by atoms with Crippen molar-refractivity contribution >= 4 is 18.8 Å². The molecule has 0 rings (SSSR count). The minimum atomic E-state index is -1.84. The molecule has 1 unspecified atom stereocenters. The average Bonchev–Trinajstić information content (AvgIpc) is 2.17. The van der Waals surface area contributed by atoms with E-state index in [1.165, 1.54) is 12.8 Å². The molecule has 0 aromatic rings. The maximum atomic E-state index is 6.74. The highest BCUT2D eigenvalue weighted by molar-refractivity contribution is 7.17. The fourth-order valence-corrected chi connectivity index (χ4v) is 6.37. The summed E-state index contributed by atoms with van der Waals surface area (Å²) < 4.78 is 2.42. The van der Waals surface area contributed by atoms with E-state index in [2.05, 4.69) is 37.2 Å². The summed E-state index contributed by atoms with van der Waals surface area (Å²) in [5.41, 5.74) is 0. The number of hydrogen-bond acceptors (Lipinski definition) is 2. The van der Waals surface area contributed by atoms with Crippen molar-refractivity contribution in [1.29, 1.82) is 0 Å². The Morgan fingerprint density at radius 1 is 1.14 bits per heavy atom. The number of rotatable bonds is 8. The van der Waals surface area contributed by atoms with Gasteiger partial charge in [-0.1, -0.05) is 40.5 Å². The Kier molecular flexibility index (Phi) is 7.92. The predicted octanol–water partition coefficient (Wildman–Crippen LogP) is 2.92. The van der Waals surface area contributed by atoms with Gasteiger partial charge in [-0.05, 0) is 25.7 Å². The molecule has 4 heteroatoms. The Morgan fingerprint density at radius 2 is 1.71 bits per heavy atom. The van der Waals surface area contributed by atoms with Crippen LogP contribution >= 0.6 is 11.1 Å². The molecule has 0 aromatic carbocycles. The first-order valence-corrected chi connectivity index (χ1v) is 9.00. The number of halogens is 1. The van der Waals surface area contributed by atoms with Gasteiger partial charge in [-0.2, -0.15) is 0 Å². The standard InChI is InChI=1S/C10H25ClN2Si/c1-5-9-10-14(11,12-6-2)13(7-3)8-4/h12H,5-10H2,1-4H3. The fraction of sp³-hybridized carbons (Fsp3) is 1.00. The summed E-state index contributed by atoms with van der Waals surface area (Å²) in [5, 5.41) is 0. The Hall–Kier alpha value is 0.427. The van der Waals surface area contributed by atoms with E-state index in [-0.39, 0.29) is 0 Å². The van der Waals surface area contributed by atoms with Gasteiger partial charge in [0.15, 0.2) is 0 Å². The molecule has 0 aromatic heterocycles. The molecular weight excluding hydrogens is 212 g/mol. The SMILES string of the molecule is CCCC[Si](Cl)(NCC)N(CC)CC. The molecule has 0 saturated carbocycles. The van der Waals surface area contributed by atoms with Crippen molar-refractivity contribution in [3.05, 3.63) is 0 Å². The first-order valence-electron chi connectivity index (χ1n) is 5.83. The van der Waals surface area contributed by atoms with E-state index < -0.39 is 7.71 Å². The monoisotopic (exact) mass is 236 g/mol. The van der Waals surface area contributed by atoms with E-state index in [1.807, 2.05) is 0 Å². The summed E-state index contributed by atoms with van der Waals surface area (Å²) in [7, 11) is -1.84. The van der Waals surface area contributed by atoms with E-state index in [9.17, 15) is 0 Å². The minimum Gasteiger partial charge on any atom is -0.314 e. The Balaban J connectivity index is 4.33. The normalized spacial score (nSPS) is 15.9. The first-order chi connectivity index (χ1) is 6.64.